The summed E-state index contributed by atoms with van der Waals surface area (Å²) in [4.78, 5) is 24.5. The molecule has 21 heavy (non-hydrogen) atoms. The normalized spacial score (nSPS) is 21.5. The number of methoxy groups -OCH3 is 1. The molecule has 2 amide bonds. The topological polar surface area (TPSA) is 88.1 Å². The number of ether oxygens (including phenoxy) is 2. The summed E-state index contributed by atoms with van der Waals surface area (Å²) in [6.45, 7) is 5.07. The van der Waals surface area contributed by atoms with E-state index < -0.39 is 11.9 Å². The van der Waals surface area contributed by atoms with Crippen LogP contribution >= 0.6 is 0 Å². The van der Waals surface area contributed by atoms with Crippen molar-refractivity contribution in [3.05, 3.63) is 0 Å². The van der Waals surface area contributed by atoms with E-state index in [2.05, 4.69) is 5.32 Å². The Morgan fingerprint density at radius 3 is 2.62 bits per heavy atom. The van der Waals surface area contributed by atoms with Gasteiger partial charge >= 0.3 is 12.0 Å². The van der Waals surface area contributed by atoms with Gasteiger partial charge < -0.3 is 24.8 Å². The fourth-order valence-electron chi connectivity index (χ4n) is 2.33. The molecule has 1 aliphatic rings. The lowest BCUT2D eigenvalue weighted by molar-refractivity contribution is -0.142. The van der Waals surface area contributed by atoms with Crippen molar-refractivity contribution in [2.75, 3.05) is 46.6 Å². The lowest BCUT2D eigenvalue weighted by Crippen LogP contribution is -2.39. The molecular formula is C14H26N2O5. The van der Waals surface area contributed by atoms with Crippen molar-refractivity contribution in [2.24, 2.45) is 11.8 Å². The van der Waals surface area contributed by atoms with Crippen molar-refractivity contribution in [3.63, 3.8) is 0 Å². The molecule has 1 fully saturated rings. The van der Waals surface area contributed by atoms with Gasteiger partial charge in [0.15, 0.2) is 0 Å². The fraction of sp³-hybridized carbons (Fsp3) is 0.857. The zero-order chi connectivity index (χ0) is 15.7. The van der Waals surface area contributed by atoms with Gasteiger partial charge in [0.25, 0.3) is 0 Å². The summed E-state index contributed by atoms with van der Waals surface area (Å²) in [7, 11) is 1.63. The lowest BCUT2D eigenvalue weighted by atomic mass is 9.99. The number of amides is 2. The molecule has 2 atom stereocenters. The first kappa shape index (κ1) is 17.7. The molecule has 2 N–H and O–H groups in total. The Hall–Kier alpha value is -1.34. The van der Waals surface area contributed by atoms with Crippen LogP contribution in [-0.4, -0.2) is 68.6 Å². The van der Waals surface area contributed by atoms with E-state index in [0.717, 1.165) is 12.8 Å². The molecule has 2 unspecified atom stereocenters. The van der Waals surface area contributed by atoms with Crippen molar-refractivity contribution in [1.29, 1.82) is 0 Å². The van der Waals surface area contributed by atoms with Gasteiger partial charge in [-0.2, -0.15) is 0 Å². The molecule has 0 aromatic carbocycles. The molecule has 0 saturated carbocycles. The molecule has 1 rings (SSSR count). The van der Waals surface area contributed by atoms with Crippen LogP contribution in [0.1, 0.15) is 19.8 Å². The summed E-state index contributed by atoms with van der Waals surface area (Å²) in [6.07, 6.45) is 1.71. The van der Waals surface area contributed by atoms with Gasteiger partial charge in [-0.05, 0) is 18.8 Å². The number of likely N-dealkylation sites (tertiary alicyclic amines) is 1. The first-order valence-corrected chi connectivity index (χ1v) is 7.38. The molecule has 0 radical (unpaired) electrons. The smallest absolute Gasteiger partial charge is 0.317 e. The molecule has 7 nitrogen and oxygen atoms in total. The molecule has 122 valence electrons. The second kappa shape index (κ2) is 9.57. The Morgan fingerprint density at radius 1 is 1.24 bits per heavy atom. The van der Waals surface area contributed by atoms with E-state index in [4.69, 9.17) is 14.6 Å². The van der Waals surface area contributed by atoms with Crippen molar-refractivity contribution in [1.82, 2.24) is 10.2 Å². The predicted octanol–water partition coefficient (Wildman–Crippen LogP) is 0.792. The molecule has 0 aromatic heterocycles. The maximum atomic E-state index is 11.9. The molecule has 1 aliphatic heterocycles. The van der Waals surface area contributed by atoms with Crippen molar-refractivity contribution < 1.29 is 24.2 Å². The van der Waals surface area contributed by atoms with Crippen LogP contribution in [0.15, 0.2) is 0 Å². The highest BCUT2D eigenvalue weighted by Crippen LogP contribution is 2.22. The number of carbonyl (C=O) groups is 2. The lowest BCUT2D eigenvalue weighted by Gasteiger charge is -2.16. The Labute approximate surface area is 125 Å². The van der Waals surface area contributed by atoms with Crippen LogP contribution in [0.25, 0.3) is 0 Å². The Balaban J connectivity index is 2.08. The highest BCUT2D eigenvalue weighted by Gasteiger charge is 2.36. The average molecular weight is 302 g/mol. The van der Waals surface area contributed by atoms with E-state index in [1.54, 1.807) is 12.0 Å². The second-order valence-electron chi connectivity index (χ2n) is 5.37. The van der Waals surface area contributed by atoms with Gasteiger partial charge in [0.2, 0.25) is 0 Å². The number of carboxylic acids is 1. The van der Waals surface area contributed by atoms with E-state index in [1.165, 1.54) is 0 Å². The second-order valence-corrected chi connectivity index (χ2v) is 5.37. The predicted molar refractivity (Wildman–Crippen MR) is 77.2 cm³/mol. The van der Waals surface area contributed by atoms with Crippen LogP contribution < -0.4 is 5.32 Å². The molecule has 1 heterocycles. The summed E-state index contributed by atoms with van der Waals surface area (Å²) >= 11 is 0. The van der Waals surface area contributed by atoms with Crippen LogP contribution in [0.4, 0.5) is 4.79 Å². The molecular weight excluding hydrogens is 276 g/mol. The number of carboxylic acid groups (broad SMARTS) is 1. The van der Waals surface area contributed by atoms with Crippen LogP contribution in [0.3, 0.4) is 0 Å². The fourth-order valence-corrected chi connectivity index (χ4v) is 2.33. The number of rotatable bonds is 9. The summed E-state index contributed by atoms with van der Waals surface area (Å²) < 4.78 is 10.2. The number of unbranched alkanes of at least 4 members (excludes halogenated alkanes) is 1. The van der Waals surface area contributed by atoms with Crippen LogP contribution in [0, 0.1) is 11.8 Å². The van der Waals surface area contributed by atoms with E-state index in [9.17, 15) is 9.59 Å². The van der Waals surface area contributed by atoms with Gasteiger partial charge in [-0.15, -0.1) is 0 Å². The minimum absolute atomic E-state index is 0.00225. The van der Waals surface area contributed by atoms with E-state index >= 15 is 0 Å². The average Bonchev–Trinajstić information content (AvgIpc) is 2.84. The minimum Gasteiger partial charge on any atom is -0.481 e. The van der Waals surface area contributed by atoms with Crippen molar-refractivity contribution >= 4 is 12.0 Å². The molecule has 0 bridgehead atoms. The summed E-state index contributed by atoms with van der Waals surface area (Å²) in [6, 6.07) is -0.175. The quantitative estimate of drug-likeness (QED) is 0.615. The molecule has 0 aliphatic carbocycles. The van der Waals surface area contributed by atoms with Gasteiger partial charge in [-0.25, -0.2) is 4.79 Å². The number of nitrogens with one attached hydrogen (secondary N) is 1. The minimum atomic E-state index is -0.828. The monoisotopic (exact) mass is 302 g/mol. The first-order valence-electron chi connectivity index (χ1n) is 7.38. The summed E-state index contributed by atoms with van der Waals surface area (Å²) in [5.74, 6) is -1.28. The number of urea groups is 1. The van der Waals surface area contributed by atoms with Gasteiger partial charge in [0, 0.05) is 33.4 Å². The van der Waals surface area contributed by atoms with E-state index in [0.29, 0.717) is 39.5 Å². The number of nitrogens with zero attached hydrogens (tertiary/aromatic N) is 1. The number of hydrogen-bond acceptors (Lipinski definition) is 4. The van der Waals surface area contributed by atoms with Crippen LogP contribution in [-0.2, 0) is 14.3 Å². The largest absolute Gasteiger partial charge is 0.481 e. The molecule has 7 heteroatoms. The molecule has 1 saturated heterocycles. The number of hydrogen-bond donors (Lipinski definition) is 2. The van der Waals surface area contributed by atoms with Gasteiger partial charge in [-0.1, -0.05) is 6.92 Å². The molecule has 0 spiro atoms. The van der Waals surface area contributed by atoms with E-state index in [-0.39, 0.29) is 11.9 Å². The number of aliphatic carboxylic acids is 1. The first-order chi connectivity index (χ1) is 10.1. The van der Waals surface area contributed by atoms with E-state index in [1.807, 2.05) is 6.92 Å². The molecule has 0 aromatic rings. The third-order valence-electron chi connectivity index (χ3n) is 3.64. The maximum absolute atomic E-state index is 11.9. The third-order valence-corrected chi connectivity index (χ3v) is 3.64. The maximum Gasteiger partial charge on any atom is 0.317 e. The Morgan fingerprint density at radius 2 is 2.00 bits per heavy atom. The van der Waals surface area contributed by atoms with Gasteiger partial charge in [-0.3, -0.25) is 4.79 Å². The van der Waals surface area contributed by atoms with Crippen molar-refractivity contribution in [2.45, 2.75) is 19.8 Å². The van der Waals surface area contributed by atoms with Gasteiger partial charge in [0.1, 0.15) is 0 Å². The third kappa shape index (κ3) is 6.31. The number of carbonyl (C=O) groups excluding carboxylic acids is 1. The zero-order valence-corrected chi connectivity index (χ0v) is 12.8. The van der Waals surface area contributed by atoms with Gasteiger partial charge in [0.05, 0.1) is 19.1 Å². The Bertz CT molecular complexity index is 337. The highest BCUT2D eigenvalue weighted by atomic mass is 16.5. The van der Waals surface area contributed by atoms with Crippen LogP contribution in [0.2, 0.25) is 0 Å². The summed E-state index contributed by atoms with van der Waals surface area (Å²) in [5.41, 5.74) is 0. The Kier molecular flexibility index (Phi) is 8.07. The van der Waals surface area contributed by atoms with Crippen molar-refractivity contribution in [3.8, 4) is 0 Å². The zero-order valence-electron chi connectivity index (χ0n) is 12.8. The standard InChI is InChI=1S/C14H26N2O5/c1-11-9-16(10-12(11)13(17)18)14(19)15-5-3-4-6-21-8-7-20-2/h11-12H,3-10H2,1-2H3,(H,15,19)(H,17,18). The SMILES string of the molecule is COCCOCCCCNC(=O)N1CC(C)C(C(=O)O)C1. The van der Waals surface area contributed by atoms with Crippen LogP contribution in [0.5, 0.6) is 0 Å². The summed E-state index contributed by atoms with van der Waals surface area (Å²) in [5, 5.41) is 11.9. The highest BCUT2D eigenvalue weighted by molar-refractivity contribution is 5.77.